The van der Waals surface area contributed by atoms with Crippen LogP contribution in [0.4, 0.5) is 10.1 Å². The van der Waals surface area contributed by atoms with Gasteiger partial charge in [0.1, 0.15) is 11.6 Å². The van der Waals surface area contributed by atoms with Gasteiger partial charge in [-0.25, -0.2) is 4.39 Å². The van der Waals surface area contributed by atoms with Crippen LogP contribution in [-0.4, -0.2) is 18.6 Å². The minimum absolute atomic E-state index is 0.321. The fourth-order valence-corrected chi connectivity index (χ4v) is 1.46. The molecule has 1 aromatic rings. The molecule has 2 rings (SSSR count). The number of hydrogen-bond acceptors (Lipinski definition) is 3. The lowest BCUT2D eigenvalue weighted by Gasteiger charge is -2.13. The molecule has 1 aromatic carbocycles. The fourth-order valence-electron chi connectivity index (χ4n) is 1.46. The van der Waals surface area contributed by atoms with Crippen LogP contribution in [0.5, 0.6) is 5.75 Å². The van der Waals surface area contributed by atoms with Gasteiger partial charge in [0.2, 0.25) is 5.91 Å². The van der Waals surface area contributed by atoms with Gasteiger partial charge in [0.25, 0.3) is 0 Å². The minimum atomic E-state index is -0.619. The van der Waals surface area contributed by atoms with Crippen LogP contribution in [0.1, 0.15) is 19.8 Å². The number of hydrogen-bond donors (Lipinski definition) is 2. The monoisotopic (exact) mass is 252 g/mol. The molecule has 0 saturated heterocycles. The Labute approximate surface area is 105 Å². The second kappa shape index (κ2) is 5.35. The van der Waals surface area contributed by atoms with Crippen molar-refractivity contribution >= 4 is 11.6 Å². The van der Waals surface area contributed by atoms with Gasteiger partial charge in [0, 0.05) is 6.07 Å². The summed E-state index contributed by atoms with van der Waals surface area (Å²) in [5.41, 5.74) is 5.93. The maximum atomic E-state index is 13.2. The number of ether oxygens (including phenoxy) is 1. The first-order valence-corrected chi connectivity index (χ1v) is 6.05. The molecule has 0 unspecified atom stereocenters. The molecule has 0 spiro atoms. The molecule has 4 nitrogen and oxygen atoms in total. The van der Waals surface area contributed by atoms with Gasteiger partial charge in [-0.1, -0.05) is 0 Å². The van der Waals surface area contributed by atoms with Crippen molar-refractivity contribution in [1.29, 1.82) is 0 Å². The zero-order chi connectivity index (χ0) is 13.1. The van der Waals surface area contributed by atoms with E-state index in [9.17, 15) is 9.18 Å². The lowest BCUT2D eigenvalue weighted by atomic mass is 10.2. The normalized spacial score (nSPS) is 16.2. The molecule has 1 fully saturated rings. The Morgan fingerprint density at radius 1 is 1.61 bits per heavy atom. The smallest absolute Gasteiger partial charge is 0.241 e. The summed E-state index contributed by atoms with van der Waals surface area (Å²) in [6.45, 7) is 2.15. The molecule has 1 aliphatic rings. The van der Waals surface area contributed by atoms with Crippen LogP contribution < -0.4 is 15.8 Å². The molecule has 0 aromatic heterocycles. The van der Waals surface area contributed by atoms with E-state index in [1.54, 1.807) is 6.92 Å². The lowest BCUT2D eigenvalue weighted by Crippen LogP contribution is -2.32. The van der Waals surface area contributed by atoms with Gasteiger partial charge in [0.05, 0.1) is 18.3 Å². The quantitative estimate of drug-likeness (QED) is 0.841. The first-order chi connectivity index (χ1) is 8.56. The Hall–Kier alpha value is -1.62. The molecule has 0 heterocycles. The van der Waals surface area contributed by atoms with Crippen LogP contribution in [0.2, 0.25) is 0 Å². The number of halogens is 1. The summed E-state index contributed by atoms with van der Waals surface area (Å²) in [5, 5.41) is 2.63. The van der Waals surface area contributed by atoms with Gasteiger partial charge in [0.15, 0.2) is 0 Å². The Morgan fingerprint density at radius 3 is 2.94 bits per heavy atom. The molecule has 18 heavy (non-hydrogen) atoms. The zero-order valence-corrected chi connectivity index (χ0v) is 10.3. The molecule has 1 atom stereocenters. The molecule has 3 N–H and O–H groups in total. The molecule has 1 aliphatic carbocycles. The lowest BCUT2D eigenvalue weighted by molar-refractivity contribution is -0.117. The predicted octanol–water partition coefficient (Wildman–Crippen LogP) is 1.90. The first kappa shape index (κ1) is 12.8. The Balaban J connectivity index is 2.08. The first-order valence-electron chi connectivity index (χ1n) is 6.05. The second-order valence-corrected chi connectivity index (χ2v) is 4.67. The van der Waals surface area contributed by atoms with E-state index in [0.717, 1.165) is 12.8 Å². The minimum Gasteiger partial charge on any atom is -0.491 e. The van der Waals surface area contributed by atoms with Crippen molar-refractivity contribution in [3.63, 3.8) is 0 Å². The van der Waals surface area contributed by atoms with Crippen LogP contribution >= 0.6 is 0 Å². The summed E-state index contributed by atoms with van der Waals surface area (Å²) < 4.78 is 18.7. The number of amides is 1. The van der Waals surface area contributed by atoms with Gasteiger partial charge >= 0.3 is 0 Å². The molecule has 0 radical (unpaired) electrons. The maximum Gasteiger partial charge on any atom is 0.241 e. The van der Waals surface area contributed by atoms with Crippen LogP contribution in [0.3, 0.4) is 0 Å². The number of nitrogens with one attached hydrogen (secondary N) is 1. The van der Waals surface area contributed by atoms with Crippen molar-refractivity contribution in [3.05, 3.63) is 24.0 Å². The maximum absolute atomic E-state index is 13.2. The topological polar surface area (TPSA) is 64.4 Å². The fraction of sp³-hybridized carbons (Fsp3) is 0.462. The number of carbonyl (C=O) groups excluding carboxylic acids is 1. The van der Waals surface area contributed by atoms with Crippen molar-refractivity contribution in [3.8, 4) is 5.75 Å². The average molecular weight is 252 g/mol. The summed E-state index contributed by atoms with van der Waals surface area (Å²) in [6, 6.07) is 3.42. The number of benzene rings is 1. The summed E-state index contributed by atoms with van der Waals surface area (Å²) in [5.74, 6) is 0.207. The van der Waals surface area contributed by atoms with E-state index in [0.29, 0.717) is 24.0 Å². The highest BCUT2D eigenvalue weighted by Gasteiger charge is 2.22. The van der Waals surface area contributed by atoms with Crippen LogP contribution in [0, 0.1) is 11.7 Å². The molecule has 1 saturated carbocycles. The second-order valence-electron chi connectivity index (χ2n) is 4.67. The highest BCUT2D eigenvalue weighted by Crippen LogP contribution is 2.32. The summed E-state index contributed by atoms with van der Waals surface area (Å²) in [4.78, 5) is 11.5. The van der Waals surface area contributed by atoms with Crippen LogP contribution in [-0.2, 0) is 4.79 Å². The molecule has 5 heteroatoms. The SMILES string of the molecule is C[C@H](N)C(=O)Nc1ccc(F)cc1OCC1CC1. The van der Waals surface area contributed by atoms with Crippen LogP contribution in [0.15, 0.2) is 18.2 Å². The van der Waals surface area contributed by atoms with Crippen molar-refractivity contribution in [2.75, 3.05) is 11.9 Å². The predicted molar refractivity (Wildman–Crippen MR) is 66.9 cm³/mol. The third-order valence-electron chi connectivity index (χ3n) is 2.79. The highest BCUT2D eigenvalue weighted by molar-refractivity contribution is 5.95. The largest absolute Gasteiger partial charge is 0.491 e. The van der Waals surface area contributed by atoms with Gasteiger partial charge in [-0.15, -0.1) is 0 Å². The summed E-state index contributed by atoms with van der Waals surface area (Å²) >= 11 is 0. The third-order valence-corrected chi connectivity index (χ3v) is 2.79. The molecular weight excluding hydrogens is 235 g/mol. The van der Waals surface area contributed by atoms with E-state index in [2.05, 4.69) is 5.32 Å². The van der Waals surface area contributed by atoms with Gasteiger partial charge in [-0.3, -0.25) is 4.79 Å². The zero-order valence-electron chi connectivity index (χ0n) is 10.3. The van der Waals surface area contributed by atoms with Crippen molar-refractivity contribution in [2.24, 2.45) is 11.7 Å². The Kier molecular flexibility index (Phi) is 3.81. The Bertz CT molecular complexity index is 445. The summed E-state index contributed by atoms with van der Waals surface area (Å²) in [7, 11) is 0. The van der Waals surface area contributed by atoms with Gasteiger partial charge < -0.3 is 15.8 Å². The molecule has 1 amide bonds. The van der Waals surface area contributed by atoms with E-state index in [4.69, 9.17) is 10.5 Å². The van der Waals surface area contributed by atoms with Crippen molar-refractivity contribution in [1.82, 2.24) is 0 Å². The summed E-state index contributed by atoms with van der Waals surface area (Å²) in [6.07, 6.45) is 2.30. The Morgan fingerprint density at radius 2 is 2.33 bits per heavy atom. The molecular formula is C13H17FN2O2. The molecule has 0 aliphatic heterocycles. The molecule has 0 bridgehead atoms. The number of carbonyl (C=O) groups is 1. The van der Waals surface area contributed by atoms with Crippen molar-refractivity contribution in [2.45, 2.75) is 25.8 Å². The van der Waals surface area contributed by atoms with E-state index >= 15 is 0 Å². The van der Waals surface area contributed by atoms with E-state index in [1.165, 1.54) is 18.2 Å². The number of anilines is 1. The van der Waals surface area contributed by atoms with Crippen LogP contribution in [0.25, 0.3) is 0 Å². The van der Waals surface area contributed by atoms with Gasteiger partial charge in [-0.05, 0) is 37.8 Å². The highest BCUT2D eigenvalue weighted by atomic mass is 19.1. The van der Waals surface area contributed by atoms with E-state index < -0.39 is 6.04 Å². The van der Waals surface area contributed by atoms with Gasteiger partial charge in [-0.2, -0.15) is 0 Å². The van der Waals surface area contributed by atoms with E-state index in [-0.39, 0.29) is 11.7 Å². The standard InChI is InChI=1S/C13H17FN2O2/c1-8(15)13(17)16-11-5-4-10(14)6-12(11)18-7-9-2-3-9/h4-6,8-9H,2-3,7,15H2,1H3,(H,16,17)/t8-/m0/s1. The number of rotatable bonds is 5. The molecule has 98 valence electrons. The average Bonchev–Trinajstić information content (AvgIpc) is 3.13. The third kappa shape index (κ3) is 3.43. The van der Waals surface area contributed by atoms with E-state index in [1.807, 2.05) is 0 Å². The van der Waals surface area contributed by atoms with Crippen molar-refractivity contribution < 1.29 is 13.9 Å². The number of nitrogens with two attached hydrogens (primary N) is 1.